The number of likely N-dealkylation sites (N-methyl/N-ethyl adjacent to an activating group) is 2. The van der Waals surface area contributed by atoms with Gasteiger partial charge in [0.1, 0.15) is 30.4 Å². The second-order valence-corrected chi connectivity index (χ2v) is 7.40. The number of hydrogen-bond acceptors (Lipinski definition) is 5. The Hall–Kier alpha value is -2.69. The molecule has 0 bridgehead atoms. The van der Waals surface area contributed by atoms with Crippen LogP contribution in [0.5, 0.6) is 17.2 Å². The number of guanidine groups is 1. The fourth-order valence-corrected chi connectivity index (χ4v) is 2.78. The lowest BCUT2D eigenvalue weighted by Gasteiger charge is -2.23. The van der Waals surface area contributed by atoms with E-state index in [4.69, 9.17) is 14.2 Å². The van der Waals surface area contributed by atoms with E-state index in [1.807, 2.05) is 60.5 Å². The highest BCUT2D eigenvalue weighted by molar-refractivity contribution is 14.0. The van der Waals surface area contributed by atoms with Gasteiger partial charge < -0.3 is 29.3 Å². The topological polar surface area (TPSA) is 75.6 Å². The van der Waals surface area contributed by atoms with Crippen LogP contribution in [0.4, 0.5) is 0 Å². The fourth-order valence-electron chi connectivity index (χ4n) is 2.78. The van der Waals surface area contributed by atoms with Crippen LogP contribution in [0.3, 0.4) is 0 Å². The number of nitrogens with zero attached hydrogens (tertiary/aromatic N) is 3. The number of halogens is 1. The lowest BCUT2D eigenvalue weighted by Crippen LogP contribution is -2.42. The number of benzene rings is 2. The smallest absolute Gasteiger partial charge is 0.243 e. The number of hydrogen-bond donors (Lipinski definition) is 1. The fraction of sp³-hybridized carbons (Fsp3) is 0.417. The van der Waals surface area contributed by atoms with Crippen LogP contribution in [0.1, 0.15) is 5.56 Å². The molecular formula is C24H35IN4O4. The molecule has 0 radical (unpaired) electrons. The number of nitrogens with one attached hydrogen (secondary N) is 1. The first-order valence-electron chi connectivity index (χ1n) is 10.5. The third kappa shape index (κ3) is 10.2. The van der Waals surface area contributed by atoms with Gasteiger partial charge in [-0.1, -0.05) is 12.1 Å². The number of carbonyl (C=O) groups is 1. The van der Waals surface area contributed by atoms with Crippen molar-refractivity contribution in [1.29, 1.82) is 0 Å². The Bertz CT molecular complexity index is 858. The molecule has 0 spiro atoms. The van der Waals surface area contributed by atoms with E-state index < -0.39 is 0 Å². The predicted octanol–water partition coefficient (Wildman–Crippen LogP) is 2.91. The largest absolute Gasteiger partial charge is 0.497 e. The first kappa shape index (κ1) is 28.3. The van der Waals surface area contributed by atoms with Crippen molar-refractivity contribution in [3.05, 3.63) is 54.1 Å². The van der Waals surface area contributed by atoms with Gasteiger partial charge >= 0.3 is 0 Å². The molecule has 0 unspecified atom stereocenters. The zero-order valence-electron chi connectivity index (χ0n) is 20.0. The van der Waals surface area contributed by atoms with Crippen LogP contribution in [-0.4, -0.2) is 83.3 Å². The molecule has 33 heavy (non-hydrogen) atoms. The average Bonchev–Trinajstić information content (AvgIpc) is 2.81. The molecule has 1 amide bonds. The Morgan fingerprint density at radius 2 is 1.45 bits per heavy atom. The van der Waals surface area contributed by atoms with Crippen LogP contribution in [0, 0.1) is 0 Å². The summed E-state index contributed by atoms with van der Waals surface area (Å²) in [7, 11) is 8.66. The van der Waals surface area contributed by atoms with Crippen molar-refractivity contribution in [1.82, 2.24) is 15.1 Å². The summed E-state index contributed by atoms with van der Waals surface area (Å²) >= 11 is 0. The lowest BCUT2D eigenvalue weighted by molar-refractivity contribution is -0.127. The van der Waals surface area contributed by atoms with Crippen LogP contribution in [-0.2, 0) is 11.2 Å². The van der Waals surface area contributed by atoms with E-state index in [2.05, 4.69) is 10.3 Å². The summed E-state index contributed by atoms with van der Waals surface area (Å²) < 4.78 is 16.2. The molecule has 0 fully saturated rings. The van der Waals surface area contributed by atoms with Crippen molar-refractivity contribution < 1.29 is 19.0 Å². The van der Waals surface area contributed by atoms with Gasteiger partial charge in [-0.3, -0.25) is 4.79 Å². The Kier molecular flexibility index (Phi) is 13.1. The van der Waals surface area contributed by atoms with Crippen LogP contribution in [0.15, 0.2) is 53.5 Å². The lowest BCUT2D eigenvalue weighted by atomic mass is 10.1. The molecular weight excluding hydrogens is 535 g/mol. The minimum absolute atomic E-state index is 0. The zero-order valence-corrected chi connectivity index (χ0v) is 22.4. The molecule has 0 saturated heterocycles. The summed E-state index contributed by atoms with van der Waals surface area (Å²) in [6.45, 7) is 1.85. The highest BCUT2D eigenvalue weighted by atomic mass is 127. The van der Waals surface area contributed by atoms with Gasteiger partial charge in [0.15, 0.2) is 5.96 Å². The Labute approximate surface area is 213 Å². The van der Waals surface area contributed by atoms with Gasteiger partial charge in [-0.25, -0.2) is 4.99 Å². The standard InChI is InChI=1S/C24H34N4O4.HI/c1-27(2)23(29)18-26-24(25-15-14-19-6-8-20(30-4)9-7-19)28(3)16-17-32-22-12-10-21(31-5)11-13-22;/h6-13H,14-18H2,1-5H3,(H,25,26);1H. The van der Waals surface area contributed by atoms with Crippen LogP contribution in [0.25, 0.3) is 0 Å². The molecule has 0 saturated carbocycles. The van der Waals surface area contributed by atoms with Crippen molar-refractivity contribution in [2.24, 2.45) is 4.99 Å². The van der Waals surface area contributed by atoms with Gasteiger partial charge in [-0.15, -0.1) is 24.0 Å². The summed E-state index contributed by atoms with van der Waals surface area (Å²) in [5.74, 6) is 3.00. The first-order chi connectivity index (χ1) is 15.4. The zero-order chi connectivity index (χ0) is 23.3. The molecule has 0 aliphatic carbocycles. The maximum Gasteiger partial charge on any atom is 0.243 e. The Balaban J connectivity index is 0.00000544. The summed E-state index contributed by atoms with van der Waals surface area (Å²) in [6.07, 6.45) is 0.820. The number of rotatable bonds is 11. The SMILES string of the molecule is COc1ccc(CCNC(=NCC(=O)N(C)C)N(C)CCOc2ccc(OC)cc2)cc1.I. The monoisotopic (exact) mass is 570 g/mol. The molecule has 0 heterocycles. The maximum atomic E-state index is 12.0. The maximum absolute atomic E-state index is 12.0. The highest BCUT2D eigenvalue weighted by Crippen LogP contribution is 2.16. The second kappa shape index (κ2) is 15.2. The van der Waals surface area contributed by atoms with Crippen molar-refractivity contribution in [3.63, 3.8) is 0 Å². The molecule has 0 aromatic heterocycles. The van der Waals surface area contributed by atoms with Crippen molar-refractivity contribution in [2.75, 3.05) is 61.6 Å². The Morgan fingerprint density at radius 1 is 0.909 bits per heavy atom. The van der Waals surface area contributed by atoms with Crippen molar-refractivity contribution in [3.8, 4) is 17.2 Å². The number of ether oxygens (including phenoxy) is 3. The van der Waals surface area contributed by atoms with E-state index in [1.54, 1.807) is 28.3 Å². The van der Waals surface area contributed by atoms with Crippen LogP contribution in [0.2, 0.25) is 0 Å². The second-order valence-electron chi connectivity index (χ2n) is 7.40. The molecule has 2 aromatic rings. The molecule has 8 nitrogen and oxygen atoms in total. The first-order valence-corrected chi connectivity index (χ1v) is 10.5. The van der Waals surface area contributed by atoms with E-state index in [0.29, 0.717) is 25.7 Å². The summed E-state index contributed by atoms with van der Waals surface area (Å²) in [6, 6.07) is 15.4. The summed E-state index contributed by atoms with van der Waals surface area (Å²) in [4.78, 5) is 20.0. The van der Waals surface area contributed by atoms with Gasteiger partial charge in [-0.2, -0.15) is 0 Å². The third-order valence-electron chi connectivity index (χ3n) is 4.84. The van der Waals surface area contributed by atoms with Crippen LogP contribution >= 0.6 is 24.0 Å². The van der Waals surface area contributed by atoms with E-state index in [1.165, 1.54) is 10.5 Å². The van der Waals surface area contributed by atoms with Crippen LogP contribution < -0.4 is 19.5 Å². The van der Waals surface area contributed by atoms with Gasteiger partial charge in [0.2, 0.25) is 5.91 Å². The molecule has 0 aliphatic rings. The van der Waals surface area contributed by atoms with Gasteiger partial charge in [0.25, 0.3) is 0 Å². The number of aliphatic imine (C=N–C) groups is 1. The average molecular weight is 570 g/mol. The van der Waals surface area contributed by atoms with Gasteiger partial charge in [0.05, 0.1) is 20.8 Å². The minimum Gasteiger partial charge on any atom is -0.497 e. The Morgan fingerprint density at radius 3 is 2.00 bits per heavy atom. The number of carbonyl (C=O) groups excluding carboxylic acids is 1. The summed E-state index contributed by atoms with van der Waals surface area (Å²) in [5.41, 5.74) is 1.19. The van der Waals surface area contributed by atoms with Crippen molar-refractivity contribution >= 4 is 35.8 Å². The third-order valence-corrected chi connectivity index (χ3v) is 4.84. The summed E-state index contributed by atoms with van der Waals surface area (Å²) in [5, 5.41) is 3.36. The van der Waals surface area contributed by atoms with E-state index in [0.717, 1.165) is 23.7 Å². The predicted molar refractivity (Wildman–Crippen MR) is 142 cm³/mol. The highest BCUT2D eigenvalue weighted by Gasteiger charge is 2.09. The number of methoxy groups -OCH3 is 2. The minimum atomic E-state index is -0.0534. The van der Waals surface area contributed by atoms with E-state index >= 15 is 0 Å². The molecule has 182 valence electrons. The normalized spacial score (nSPS) is 10.6. The molecule has 2 aromatic carbocycles. The van der Waals surface area contributed by atoms with Gasteiger partial charge in [0, 0.05) is 27.7 Å². The molecule has 1 N–H and O–H groups in total. The molecule has 0 atom stereocenters. The van der Waals surface area contributed by atoms with E-state index in [9.17, 15) is 4.79 Å². The van der Waals surface area contributed by atoms with Gasteiger partial charge in [-0.05, 0) is 48.4 Å². The van der Waals surface area contributed by atoms with Crippen molar-refractivity contribution in [2.45, 2.75) is 6.42 Å². The quantitative estimate of drug-likeness (QED) is 0.255. The molecule has 2 rings (SSSR count). The van der Waals surface area contributed by atoms with E-state index in [-0.39, 0.29) is 36.4 Å². The molecule has 9 heteroatoms. The molecule has 0 aliphatic heterocycles. The number of amides is 1.